The van der Waals surface area contributed by atoms with Gasteiger partial charge in [0.15, 0.2) is 0 Å². The van der Waals surface area contributed by atoms with Crippen LogP contribution in [0.3, 0.4) is 0 Å². The third-order valence-corrected chi connectivity index (χ3v) is 4.17. The predicted molar refractivity (Wildman–Crippen MR) is 88.0 cm³/mol. The third-order valence-electron chi connectivity index (χ3n) is 3.92. The van der Waals surface area contributed by atoms with Gasteiger partial charge in [0, 0.05) is 30.7 Å². The van der Waals surface area contributed by atoms with Crippen LogP contribution in [0.4, 0.5) is 5.69 Å². The van der Waals surface area contributed by atoms with Crippen LogP contribution in [0.2, 0.25) is 5.02 Å². The first kappa shape index (κ1) is 16.8. The number of nitrogens with zero attached hydrogens (tertiary/aromatic N) is 1. The fourth-order valence-corrected chi connectivity index (χ4v) is 2.85. The number of rotatable bonds is 5. The highest BCUT2D eigenvalue weighted by Crippen LogP contribution is 2.18. The topological polar surface area (TPSA) is 61.4 Å². The van der Waals surface area contributed by atoms with E-state index in [2.05, 4.69) is 15.5 Å². The molecule has 6 heteroatoms. The van der Waals surface area contributed by atoms with E-state index in [0.29, 0.717) is 18.0 Å². The Balaban J connectivity index is 1.83. The van der Waals surface area contributed by atoms with Crippen LogP contribution >= 0.6 is 11.6 Å². The highest BCUT2D eigenvalue weighted by atomic mass is 35.5. The molecule has 0 aliphatic carbocycles. The fourth-order valence-electron chi connectivity index (χ4n) is 2.72. The number of carbonyl (C=O) groups is 2. The smallest absolute Gasteiger partial charge is 0.237 e. The van der Waals surface area contributed by atoms with Crippen LogP contribution < -0.4 is 10.6 Å². The van der Waals surface area contributed by atoms with Crippen molar-refractivity contribution >= 4 is 29.1 Å². The van der Waals surface area contributed by atoms with Crippen molar-refractivity contribution in [3.05, 3.63) is 29.3 Å². The van der Waals surface area contributed by atoms with E-state index in [4.69, 9.17) is 11.6 Å². The lowest BCUT2D eigenvalue weighted by molar-refractivity contribution is -0.128. The first-order valence-electron chi connectivity index (χ1n) is 7.61. The van der Waals surface area contributed by atoms with Crippen molar-refractivity contribution in [2.75, 3.05) is 25.5 Å². The summed E-state index contributed by atoms with van der Waals surface area (Å²) in [5, 5.41) is 6.18. The monoisotopic (exact) mass is 323 g/mol. The normalized spacial score (nSPS) is 18.7. The average molecular weight is 324 g/mol. The van der Waals surface area contributed by atoms with Gasteiger partial charge in [-0.05, 0) is 43.7 Å². The number of piperidine rings is 1. The maximum atomic E-state index is 12.0. The molecule has 0 radical (unpaired) electrons. The van der Waals surface area contributed by atoms with Crippen LogP contribution in [0, 0.1) is 0 Å². The highest BCUT2D eigenvalue weighted by molar-refractivity contribution is 6.30. The van der Waals surface area contributed by atoms with Gasteiger partial charge < -0.3 is 10.6 Å². The molecule has 22 heavy (non-hydrogen) atoms. The molecule has 120 valence electrons. The minimum atomic E-state index is -0.109. The van der Waals surface area contributed by atoms with Crippen LogP contribution in [0.5, 0.6) is 0 Å². The molecule has 1 aliphatic rings. The number of likely N-dealkylation sites (N-methyl/N-ethyl adjacent to an activating group) is 1. The van der Waals surface area contributed by atoms with Crippen molar-refractivity contribution in [3.8, 4) is 0 Å². The summed E-state index contributed by atoms with van der Waals surface area (Å²) in [6.07, 6.45) is 3.37. The molecule has 0 unspecified atom stereocenters. The zero-order chi connectivity index (χ0) is 15.9. The predicted octanol–water partition coefficient (Wildman–Crippen LogP) is 2.27. The van der Waals surface area contributed by atoms with Gasteiger partial charge in [0.1, 0.15) is 0 Å². The molecule has 0 saturated carbocycles. The van der Waals surface area contributed by atoms with Crippen molar-refractivity contribution in [2.45, 2.75) is 31.7 Å². The second kappa shape index (κ2) is 8.15. The molecule has 5 nitrogen and oxygen atoms in total. The highest BCUT2D eigenvalue weighted by Gasteiger charge is 2.27. The van der Waals surface area contributed by atoms with Gasteiger partial charge in [0.05, 0.1) is 6.04 Å². The minimum Gasteiger partial charge on any atom is -0.358 e. The molecule has 1 atom stereocenters. The number of nitrogens with one attached hydrogen (secondary N) is 2. The summed E-state index contributed by atoms with van der Waals surface area (Å²) in [6.45, 7) is 1.46. The van der Waals surface area contributed by atoms with E-state index >= 15 is 0 Å². The van der Waals surface area contributed by atoms with Crippen molar-refractivity contribution in [1.29, 1.82) is 0 Å². The Kier molecular flexibility index (Phi) is 6.21. The van der Waals surface area contributed by atoms with Crippen LogP contribution in [0.15, 0.2) is 24.3 Å². The largest absolute Gasteiger partial charge is 0.358 e. The van der Waals surface area contributed by atoms with Crippen molar-refractivity contribution < 1.29 is 9.59 Å². The Morgan fingerprint density at radius 3 is 2.68 bits per heavy atom. The van der Waals surface area contributed by atoms with Gasteiger partial charge >= 0.3 is 0 Å². The third kappa shape index (κ3) is 4.71. The number of amides is 2. The van der Waals surface area contributed by atoms with E-state index < -0.39 is 0 Å². The van der Waals surface area contributed by atoms with Gasteiger partial charge in [0.2, 0.25) is 11.8 Å². The molecule has 2 N–H and O–H groups in total. The quantitative estimate of drug-likeness (QED) is 0.874. The zero-order valence-electron chi connectivity index (χ0n) is 12.8. The molecule has 0 bridgehead atoms. The molecule has 2 rings (SSSR count). The average Bonchev–Trinajstić information content (AvgIpc) is 2.54. The van der Waals surface area contributed by atoms with E-state index in [1.807, 2.05) is 0 Å². The molecule has 1 aromatic carbocycles. The summed E-state index contributed by atoms with van der Waals surface area (Å²) in [7, 11) is 1.66. The van der Waals surface area contributed by atoms with Crippen LogP contribution in [-0.4, -0.2) is 42.9 Å². The summed E-state index contributed by atoms with van der Waals surface area (Å²) in [6, 6.07) is 6.91. The molecular formula is C16H22ClN3O2. The fraction of sp³-hybridized carbons (Fsp3) is 0.500. The first-order valence-corrected chi connectivity index (χ1v) is 7.99. The molecule has 2 amide bonds. The minimum absolute atomic E-state index is 0.0396. The van der Waals surface area contributed by atoms with Crippen molar-refractivity contribution in [3.63, 3.8) is 0 Å². The van der Waals surface area contributed by atoms with Gasteiger partial charge in [-0.2, -0.15) is 0 Å². The van der Waals surface area contributed by atoms with Crippen LogP contribution in [-0.2, 0) is 9.59 Å². The number of hydrogen-bond donors (Lipinski definition) is 2. The number of hydrogen-bond acceptors (Lipinski definition) is 3. The lowest BCUT2D eigenvalue weighted by atomic mass is 10.0. The molecule has 1 saturated heterocycles. The SMILES string of the molecule is CNC(=O)[C@H]1CCCCN1CCC(=O)Nc1ccc(Cl)cc1. The van der Waals surface area contributed by atoms with Gasteiger partial charge in [-0.3, -0.25) is 14.5 Å². The molecular weight excluding hydrogens is 302 g/mol. The first-order chi connectivity index (χ1) is 10.6. The maximum absolute atomic E-state index is 12.0. The van der Waals surface area contributed by atoms with Crippen molar-refractivity contribution in [2.24, 2.45) is 0 Å². The van der Waals surface area contributed by atoms with Gasteiger partial charge in [-0.25, -0.2) is 0 Å². The molecule has 1 heterocycles. The number of halogens is 1. The van der Waals surface area contributed by atoms with E-state index in [-0.39, 0.29) is 17.9 Å². The Morgan fingerprint density at radius 1 is 1.27 bits per heavy atom. The second-order valence-electron chi connectivity index (χ2n) is 5.47. The molecule has 1 aromatic rings. The number of carbonyl (C=O) groups excluding carboxylic acids is 2. The summed E-state index contributed by atoms with van der Waals surface area (Å²) in [5.41, 5.74) is 0.732. The lowest BCUT2D eigenvalue weighted by Gasteiger charge is -2.34. The number of benzene rings is 1. The van der Waals surface area contributed by atoms with Crippen LogP contribution in [0.1, 0.15) is 25.7 Å². The lowest BCUT2D eigenvalue weighted by Crippen LogP contribution is -2.49. The Labute approximate surface area is 136 Å². The molecule has 1 fully saturated rings. The molecule has 1 aliphatic heterocycles. The zero-order valence-corrected chi connectivity index (χ0v) is 13.5. The Morgan fingerprint density at radius 2 is 2.00 bits per heavy atom. The summed E-state index contributed by atoms with van der Waals surface area (Å²) < 4.78 is 0. The summed E-state index contributed by atoms with van der Waals surface area (Å²) in [4.78, 5) is 26.0. The van der Waals surface area contributed by atoms with E-state index in [1.165, 1.54) is 0 Å². The Bertz CT molecular complexity index is 519. The number of likely N-dealkylation sites (tertiary alicyclic amines) is 1. The Hall–Kier alpha value is -1.59. The number of anilines is 1. The van der Waals surface area contributed by atoms with E-state index in [1.54, 1.807) is 31.3 Å². The van der Waals surface area contributed by atoms with E-state index in [0.717, 1.165) is 31.5 Å². The molecule has 0 spiro atoms. The van der Waals surface area contributed by atoms with E-state index in [9.17, 15) is 9.59 Å². The van der Waals surface area contributed by atoms with Gasteiger partial charge in [0.25, 0.3) is 0 Å². The van der Waals surface area contributed by atoms with Gasteiger partial charge in [-0.15, -0.1) is 0 Å². The standard InChI is InChI=1S/C16H22ClN3O2/c1-18-16(22)14-4-2-3-10-20(14)11-9-15(21)19-13-7-5-12(17)6-8-13/h5-8,14H,2-4,9-11H2,1H3,(H,18,22)(H,19,21)/t14-/m1/s1. The summed E-state index contributed by atoms with van der Waals surface area (Å²) >= 11 is 5.81. The summed E-state index contributed by atoms with van der Waals surface area (Å²) in [5.74, 6) is -0.0126. The molecule has 0 aromatic heterocycles. The second-order valence-corrected chi connectivity index (χ2v) is 5.90. The van der Waals surface area contributed by atoms with Gasteiger partial charge in [-0.1, -0.05) is 18.0 Å². The van der Waals surface area contributed by atoms with Crippen molar-refractivity contribution in [1.82, 2.24) is 10.2 Å². The van der Waals surface area contributed by atoms with Crippen LogP contribution in [0.25, 0.3) is 0 Å². The maximum Gasteiger partial charge on any atom is 0.237 e.